The maximum atomic E-state index is 6.22. The Balaban J connectivity index is 2.22. The van der Waals surface area contributed by atoms with Crippen LogP contribution in [0.2, 0.25) is 0 Å². The van der Waals surface area contributed by atoms with Gasteiger partial charge in [-0.15, -0.1) is 10.2 Å². The van der Waals surface area contributed by atoms with Gasteiger partial charge in [0.05, 0.1) is 18.8 Å². The first kappa shape index (κ1) is 14.5. The van der Waals surface area contributed by atoms with Gasteiger partial charge in [-0.2, -0.15) is 0 Å². The first-order valence-corrected chi connectivity index (χ1v) is 6.65. The molecule has 4 nitrogen and oxygen atoms in total. The lowest BCUT2D eigenvalue weighted by molar-refractivity contribution is 0.390. The maximum absolute atomic E-state index is 6.22. The van der Waals surface area contributed by atoms with Crippen molar-refractivity contribution >= 4 is 0 Å². The molecule has 2 N–H and O–H groups in total. The molecule has 0 radical (unpaired) electrons. The lowest BCUT2D eigenvalue weighted by Gasteiger charge is -2.20. The molecule has 0 aliphatic heterocycles. The molecule has 106 valence electrons. The number of benzene rings is 1. The van der Waals surface area contributed by atoms with Gasteiger partial charge < -0.3 is 10.5 Å². The van der Waals surface area contributed by atoms with Crippen molar-refractivity contribution in [3.8, 4) is 5.88 Å². The molecule has 0 saturated heterocycles. The summed E-state index contributed by atoms with van der Waals surface area (Å²) in [5.41, 5.74) is 9.41. The molecule has 0 aliphatic carbocycles. The SMILES string of the molecule is COc1ccc(C(N)c2ccc(C(C)(C)C)cc2)nn1. The van der Waals surface area contributed by atoms with Crippen LogP contribution in [0.5, 0.6) is 5.88 Å². The number of aromatic nitrogens is 2. The second-order valence-electron chi connectivity index (χ2n) is 5.85. The normalized spacial score (nSPS) is 13.1. The third-order valence-electron chi connectivity index (χ3n) is 3.32. The Hall–Kier alpha value is -1.94. The van der Waals surface area contributed by atoms with Crippen molar-refractivity contribution in [2.45, 2.75) is 32.2 Å². The highest BCUT2D eigenvalue weighted by atomic mass is 16.5. The van der Waals surface area contributed by atoms with Crippen molar-refractivity contribution in [1.82, 2.24) is 10.2 Å². The predicted octanol–water partition coefficient (Wildman–Crippen LogP) is 2.83. The first-order valence-electron chi connectivity index (χ1n) is 6.65. The first-order chi connectivity index (χ1) is 9.41. The van der Waals surface area contributed by atoms with Crippen LogP contribution in [0.15, 0.2) is 36.4 Å². The molecule has 0 saturated carbocycles. The van der Waals surface area contributed by atoms with Gasteiger partial charge in [0, 0.05) is 6.07 Å². The Kier molecular flexibility index (Phi) is 4.04. The Morgan fingerprint density at radius 2 is 1.65 bits per heavy atom. The Morgan fingerprint density at radius 3 is 2.10 bits per heavy atom. The minimum atomic E-state index is -0.276. The zero-order valence-electron chi connectivity index (χ0n) is 12.4. The van der Waals surface area contributed by atoms with Crippen LogP contribution in [0.4, 0.5) is 0 Å². The minimum absolute atomic E-state index is 0.141. The van der Waals surface area contributed by atoms with E-state index in [1.54, 1.807) is 13.2 Å². The van der Waals surface area contributed by atoms with Gasteiger partial charge in [0.2, 0.25) is 5.88 Å². The Labute approximate surface area is 120 Å². The van der Waals surface area contributed by atoms with E-state index in [1.165, 1.54) is 5.56 Å². The third kappa shape index (κ3) is 3.14. The molecule has 1 aromatic heterocycles. The summed E-state index contributed by atoms with van der Waals surface area (Å²) in [6.07, 6.45) is 0. The van der Waals surface area contributed by atoms with Gasteiger partial charge in [0.25, 0.3) is 0 Å². The molecule has 1 aromatic carbocycles. The molecular formula is C16H21N3O. The fourth-order valence-electron chi connectivity index (χ4n) is 1.97. The van der Waals surface area contributed by atoms with Gasteiger partial charge in [0.15, 0.2) is 0 Å². The number of methoxy groups -OCH3 is 1. The highest BCUT2D eigenvalue weighted by Gasteiger charge is 2.15. The smallest absolute Gasteiger partial charge is 0.233 e. The topological polar surface area (TPSA) is 61.0 Å². The molecule has 20 heavy (non-hydrogen) atoms. The molecule has 0 bridgehead atoms. The minimum Gasteiger partial charge on any atom is -0.480 e. The molecular weight excluding hydrogens is 250 g/mol. The van der Waals surface area contributed by atoms with Gasteiger partial charge in [-0.3, -0.25) is 0 Å². The zero-order chi connectivity index (χ0) is 14.8. The second kappa shape index (κ2) is 5.59. The van der Waals surface area contributed by atoms with Gasteiger partial charge >= 0.3 is 0 Å². The van der Waals surface area contributed by atoms with Gasteiger partial charge in [0.1, 0.15) is 0 Å². The van der Waals surface area contributed by atoms with E-state index in [-0.39, 0.29) is 11.5 Å². The Morgan fingerprint density at radius 1 is 1.00 bits per heavy atom. The van der Waals surface area contributed by atoms with Crippen molar-refractivity contribution in [3.05, 3.63) is 53.2 Å². The van der Waals surface area contributed by atoms with Crippen LogP contribution in [0.3, 0.4) is 0 Å². The van der Waals surface area contributed by atoms with Gasteiger partial charge in [-0.05, 0) is 22.6 Å². The highest BCUT2D eigenvalue weighted by Crippen LogP contribution is 2.25. The highest BCUT2D eigenvalue weighted by molar-refractivity contribution is 5.32. The summed E-state index contributed by atoms with van der Waals surface area (Å²) < 4.78 is 4.99. The molecule has 1 unspecified atom stereocenters. The van der Waals surface area contributed by atoms with Crippen LogP contribution in [0.1, 0.15) is 43.6 Å². The van der Waals surface area contributed by atoms with Crippen molar-refractivity contribution in [3.63, 3.8) is 0 Å². The molecule has 0 aliphatic rings. The summed E-state index contributed by atoms with van der Waals surface area (Å²) in [4.78, 5) is 0. The molecule has 2 aromatic rings. The van der Waals surface area contributed by atoms with E-state index in [9.17, 15) is 0 Å². The number of hydrogen-bond acceptors (Lipinski definition) is 4. The number of nitrogens with two attached hydrogens (primary N) is 1. The molecule has 0 spiro atoms. The van der Waals surface area contributed by atoms with Crippen molar-refractivity contribution in [1.29, 1.82) is 0 Å². The van der Waals surface area contributed by atoms with E-state index in [0.717, 1.165) is 11.3 Å². The van der Waals surface area contributed by atoms with Crippen LogP contribution in [0.25, 0.3) is 0 Å². The quantitative estimate of drug-likeness (QED) is 0.932. The van der Waals surface area contributed by atoms with E-state index in [2.05, 4.69) is 55.2 Å². The number of nitrogens with zero attached hydrogens (tertiary/aromatic N) is 2. The molecule has 2 rings (SSSR count). The lowest BCUT2D eigenvalue weighted by atomic mass is 9.86. The summed E-state index contributed by atoms with van der Waals surface area (Å²) in [6, 6.07) is 11.7. The lowest BCUT2D eigenvalue weighted by Crippen LogP contribution is -2.15. The summed E-state index contributed by atoms with van der Waals surface area (Å²) in [5.74, 6) is 0.490. The van der Waals surface area contributed by atoms with Crippen LogP contribution in [0, 0.1) is 0 Å². The third-order valence-corrected chi connectivity index (χ3v) is 3.32. The summed E-state index contributed by atoms with van der Waals surface area (Å²) in [6.45, 7) is 6.57. The van der Waals surface area contributed by atoms with Crippen molar-refractivity contribution in [2.75, 3.05) is 7.11 Å². The van der Waals surface area contributed by atoms with Gasteiger partial charge in [-0.25, -0.2) is 0 Å². The van der Waals surface area contributed by atoms with Crippen molar-refractivity contribution in [2.24, 2.45) is 5.73 Å². The number of hydrogen-bond donors (Lipinski definition) is 1. The van der Waals surface area contributed by atoms with E-state index in [1.807, 2.05) is 6.07 Å². The van der Waals surface area contributed by atoms with E-state index >= 15 is 0 Å². The summed E-state index contributed by atoms with van der Waals surface area (Å²) in [5, 5.41) is 8.05. The standard InChI is InChI=1S/C16H21N3O/c1-16(2,3)12-7-5-11(6-8-12)15(17)13-9-10-14(20-4)19-18-13/h5-10,15H,17H2,1-4H3. The second-order valence-corrected chi connectivity index (χ2v) is 5.85. The van der Waals surface area contributed by atoms with E-state index in [0.29, 0.717) is 5.88 Å². The largest absolute Gasteiger partial charge is 0.480 e. The fourth-order valence-corrected chi connectivity index (χ4v) is 1.97. The Bertz CT molecular complexity index is 556. The number of ether oxygens (including phenoxy) is 1. The average molecular weight is 271 g/mol. The fraction of sp³-hybridized carbons (Fsp3) is 0.375. The molecule has 0 amide bonds. The van der Waals surface area contributed by atoms with Crippen LogP contribution < -0.4 is 10.5 Å². The molecule has 1 heterocycles. The van der Waals surface area contributed by atoms with Gasteiger partial charge in [-0.1, -0.05) is 45.0 Å². The predicted molar refractivity (Wildman–Crippen MR) is 79.8 cm³/mol. The van der Waals surface area contributed by atoms with Crippen molar-refractivity contribution < 1.29 is 4.74 Å². The average Bonchev–Trinajstić information content (AvgIpc) is 2.46. The number of rotatable bonds is 3. The molecule has 0 fully saturated rings. The van der Waals surface area contributed by atoms with Crippen LogP contribution >= 0.6 is 0 Å². The van der Waals surface area contributed by atoms with Crippen LogP contribution in [-0.2, 0) is 5.41 Å². The van der Waals surface area contributed by atoms with Crippen LogP contribution in [-0.4, -0.2) is 17.3 Å². The molecule has 4 heteroatoms. The molecule has 1 atom stereocenters. The summed E-state index contributed by atoms with van der Waals surface area (Å²) >= 11 is 0. The van der Waals surface area contributed by atoms with E-state index < -0.39 is 0 Å². The summed E-state index contributed by atoms with van der Waals surface area (Å²) in [7, 11) is 1.56. The maximum Gasteiger partial charge on any atom is 0.233 e. The van der Waals surface area contributed by atoms with E-state index in [4.69, 9.17) is 10.5 Å². The monoisotopic (exact) mass is 271 g/mol. The zero-order valence-corrected chi connectivity index (χ0v) is 12.4.